The average molecular weight is 253 g/mol. The van der Waals surface area contributed by atoms with E-state index in [4.69, 9.17) is 10.6 Å². The van der Waals surface area contributed by atoms with Gasteiger partial charge >= 0.3 is 0 Å². The molecule has 2 aromatic heterocycles. The maximum absolute atomic E-state index is 5.59. The minimum atomic E-state index is -0.0124. The Hall–Kier alpha value is -1.44. The van der Waals surface area contributed by atoms with Gasteiger partial charge in [-0.05, 0) is 11.4 Å². The Bertz CT molecular complexity index is 481. The van der Waals surface area contributed by atoms with Crippen LogP contribution in [0, 0.1) is 0 Å². The van der Waals surface area contributed by atoms with Gasteiger partial charge in [-0.25, -0.2) is 0 Å². The number of nitrogens with zero attached hydrogens (tertiary/aromatic N) is 3. The number of aryl methyl sites for hydroxylation is 1. The molecule has 17 heavy (non-hydrogen) atoms. The van der Waals surface area contributed by atoms with E-state index >= 15 is 0 Å². The van der Waals surface area contributed by atoms with Crippen molar-refractivity contribution in [2.45, 2.75) is 12.5 Å². The van der Waals surface area contributed by atoms with Crippen LogP contribution in [0.1, 0.15) is 16.6 Å². The first-order valence-electron chi connectivity index (χ1n) is 5.17. The van der Waals surface area contributed by atoms with Crippen molar-refractivity contribution < 1.29 is 4.74 Å². The molecule has 0 spiro atoms. The van der Waals surface area contributed by atoms with Crippen molar-refractivity contribution in [1.29, 1.82) is 0 Å². The number of rotatable bonds is 5. The molecule has 0 fully saturated rings. The van der Waals surface area contributed by atoms with Gasteiger partial charge in [0, 0.05) is 19.7 Å². The first-order chi connectivity index (χ1) is 8.24. The molecule has 1 unspecified atom stereocenters. The highest BCUT2D eigenvalue weighted by Gasteiger charge is 2.18. The Labute approximate surface area is 103 Å². The maximum atomic E-state index is 5.59. The van der Waals surface area contributed by atoms with Crippen LogP contribution in [-0.2, 0) is 13.5 Å². The molecule has 2 rings (SSSR count). The Morgan fingerprint density at radius 2 is 2.47 bits per heavy atom. The summed E-state index contributed by atoms with van der Waals surface area (Å²) in [7, 11) is 3.49. The van der Waals surface area contributed by atoms with Gasteiger partial charge in [0.2, 0.25) is 0 Å². The predicted octanol–water partition coefficient (Wildman–Crippen LogP) is 0.632. The zero-order chi connectivity index (χ0) is 12.3. The number of hydrazine groups is 1. The van der Waals surface area contributed by atoms with E-state index in [1.165, 1.54) is 0 Å². The van der Waals surface area contributed by atoms with Gasteiger partial charge in [0.15, 0.2) is 0 Å². The largest absolute Gasteiger partial charge is 0.496 e. The maximum Gasteiger partial charge on any atom is 0.134 e. The standard InChI is InChI=1S/C10H15N5OS/c1-15-6-7(13-14-15)5-8(12-11)10-9(16-2)3-4-17-10/h3-4,6,8,12H,5,11H2,1-2H3. The number of ether oxygens (including phenoxy) is 1. The molecule has 0 aromatic carbocycles. The molecule has 0 aliphatic rings. The quantitative estimate of drug-likeness (QED) is 0.603. The van der Waals surface area contributed by atoms with E-state index in [-0.39, 0.29) is 6.04 Å². The van der Waals surface area contributed by atoms with Crippen LogP contribution in [0.5, 0.6) is 5.75 Å². The van der Waals surface area contributed by atoms with Crippen LogP contribution in [0.4, 0.5) is 0 Å². The van der Waals surface area contributed by atoms with Crippen molar-refractivity contribution in [3.8, 4) is 5.75 Å². The Morgan fingerprint density at radius 1 is 1.65 bits per heavy atom. The number of hydrogen-bond donors (Lipinski definition) is 2. The van der Waals surface area contributed by atoms with E-state index in [0.717, 1.165) is 16.3 Å². The van der Waals surface area contributed by atoms with Gasteiger partial charge in [-0.2, -0.15) is 0 Å². The summed E-state index contributed by atoms with van der Waals surface area (Å²) < 4.78 is 6.96. The summed E-state index contributed by atoms with van der Waals surface area (Å²) in [5.41, 5.74) is 3.68. The van der Waals surface area contributed by atoms with Crippen molar-refractivity contribution in [3.63, 3.8) is 0 Å². The molecule has 2 heterocycles. The molecule has 7 heteroatoms. The molecular weight excluding hydrogens is 238 g/mol. The molecule has 0 radical (unpaired) electrons. The van der Waals surface area contributed by atoms with Gasteiger partial charge in [0.1, 0.15) is 5.75 Å². The average Bonchev–Trinajstić information content (AvgIpc) is 2.94. The molecule has 0 saturated carbocycles. The van der Waals surface area contributed by atoms with Crippen LogP contribution in [0.3, 0.4) is 0 Å². The second-order valence-corrected chi connectivity index (χ2v) is 4.61. The fourth-order valence-corrected chi connectivity index (χ4v) is 2.58. The number of hydrogen-bond acceptors (Lipinski definition) is 6. The molecule has 0 amide bonds. The van der Waals surface area contributed by atoms with Gasteiger partial charge in [-0.1, -0.05) is 5.21 Å². The second kappa shape index (κ2) is 5.26. The van der Waals surface area contributed by atoms with E-state index in [1.54, 1.807) is 23.1 Å². The predicted molar refractivity (Wildman–Crippen MR) is 65.6 cm³/mol. The topological polar surface area (TPSA) is 78.0 Å². The molecule has 92 valence electrons. The summed E-state index contributed by atoms with van der Waals surface area (Å²) in [6, 6.07) is 1.92. The highest BCUT2D eigenvalue weighted by Crippen LogP contribution is 2.31. The van der Waals surface area contributed by atoms with Crippen molar-refractivity contribution >= 4 is 11.3 Å². The number of methoxy groups -OCH3 is 1. The SMILES string of the molecule is COc1ccsc1C(Cc1cn(C)nn1)NN. The Balaban J connectivity index is 2.16. The zero-order valence-electron chi connectivity index (χ0n) is 9.75. The van der Waals surface area contributed by atoms with Crippen molar-refractivity contribution in [2.75, 3.05) is 7.11 Å². The molecule has 6 nitrogen and oxygen atoms in total. The lowest BCUT2D eigenvalue weighted by Crippen LogP contribution is -2.29. The zero-order valence-corrected chi connectivity index (χ0v) is 10.6. The van der Waals surface area contributed by atoms with Crippen LogP contribution < -0.4 is 16.0 Å². The monoisotopic (exact) mass is 253 g/mol. The molecule has 3 N–H and O–H groups in total. The summed E-state index contributed by atoms with van der Waals surface area (Å²) in [6.45, 7) is 0. The van der Waals surface area contributed by atoms with Gasteiger partial charge in [0.05, 0.1) is 23.7 Å². The fourth-order valence-electron chi connectivity index (χ4n) is 1.66. The lowest BCUT2D eigenvalue weighted by atomic mass is 10.1. The van der Waals surface area contributed by atoms with Gasteiger partial charge < -0.3 is 4.74 Å². The molecule has 0 aliphatic heterocycles. The number of aromatic nitrogens is 3. The minimum absolute atomic E-state index is 0.0124. The third-order valence-corrected chi connectivity index (χ3v) is 3.47. The van der Waals surface area contributed by atoms with E-state index in [0.29, 0.717) is 6.42 Å². The molecule has 0 aliphatic carbocycles. The third kappa shape index (κ3) is 2.63. The van der Waals surface area contributed by atoms with E-state index in [9.17, 15) is 0 Å². The van der Waals surface area contributed by atoms with Gasteiger partial charge in [-0.3, -0.25) is 16.0 Å². The van der Waals surface area contributed by atoms with E-state index in [2.05, 4.69) is 15.7 Å². The van der Waals surface area contributed by atoms with Gasteiger partial charge in [-0.15, -0.1) is 16.4 Å². The number of nitrogens with two attached hydrogens (primary N) is 1. The van der Waals surface area contributed by atoms with E-state index < -0.39 is 0 Å². The Kier molecular flexibility index (Phi) is 3.72. The van der Waals surface area contributed by atoms with Crippen molar-refractivity contribution in [2.24, 2.45) is 12.9 Å². The summed E-state index contributed by atoms with van der Waals surface area (Å²) in [5.74, 6) is 6.44. The van der Waals surface area contributed by atoms with Crippen LogP contribution in [0.25, 0.3) is 0 Å². The van der Waals surface area contributed by atoms with Crippen molar-refractivity contribution in [1.82, 2.24) is 20.4 Å². The number of thiophene rings is 1. The summed E-state index contributed by atoms with van der Waals surface area (Å²) in [6.07, 6.45) is 2.56. The van der Waals surface area contributed by atoms with E-state index in [1.807, 2.05) is 24.7 Å². The normalized spacial score (nSPS) is 12.6. The van der Waals surface area contributed by atoms with Crippen LogP contribution in [0.2, 0.25) is 0 Å². The highest BCUT2D eigenvalue weighted by molar-refractivity contribution is 7.10. The molecule has 0 bridgehead atoms. The van der Waals surface area contributed by atoms with Crippen LogP contribution in [0.15, 0.2) is 17.6 Å². The summed E-state index contributed by atoms with van der Waals surface area (Å²) >= 11 is 1.61. The lowest BCUT2D eigenvalue weighted by molar-refractivity contribution is 0.403. The molecule has 1 atom stereocenters. The number of nitrogens with one attached hydrogen (secondary N) is 1. The first kappa shape index (κ1) is 12.0. The fraction of sp³-hybridized carbons (Fsp3) is 0.400. The smallest absolute Gasteiger partial charge is 0.134 e. The van der Waals surface area contributed by atoms with Gasteiger partial charge in [0.25, 0.3) is 0 Å². The Morgan fingerprint density at radius 3 is 3.06 bits per heavy atom. The van der Waals surface area contributed by atoms with Crippen LogP contribution in [-0.4, -0.2) is 22.1 Å². The summed E-state index contributed by atoms with van der Waals surface area (Å²) in [5, 5.41) is 9.93. The molecule has 0 saturated heterocycles. The highest BCUT2D eigenvalue weighted by atomic mass is 32.1. The van der Waals surface area contributed by atoms with Crippen molar-refractivity contribution in [3.05, 3.63) is 28.2 Å². The summed E-state index contributed by atoms with van der Waals surface area (Å²) in [4.78, 5) is 1.07. The van der Waals surface area contributed by atoms with Crippen LogP contribution >= 0.6 is 11.3 Å². The molecule has 2 aromatic rings. The first-order valence-corrected chi connectivity index (χ1v) is 6.05. The third-order valence-electron chi connectivity index (χ3n) is 2.46. The molecular formula is C10H15N5OS. The second-order valence-electron chi connectivity index (χ2n) is 3.66. The lowest BCUT2D eigenvalue weighted by Gasteiger charge is -2.14. The minimum Gasteiger partial charge on any atom is -0.496 e.